The Bertz CT molecular complexity index is 1060. The van der Waals surface area contributed by atoms with Crippen molar-refractivity contribution in [1.29, 1.82) is 0 Å². The van der Waals surface area contributed by atoms with Crippen LogP contribution in [0.2, 0.25) is 0 Å². The van der Waals surface area contributed by atoms with Gasteiger partial charge in [-0.1, -0.05) is 154 Å². The van der Waals surface area contributed by atoms with E-state index in [1.54, 1.807) is 0 Å². The summed E-state index contributed by atoms with van der Waals surface area (Å²) in [6.45, 7) is 3.29. The number of ether oxygens (including phenoxy) is 2. The normalized spacial score (nSPS) is 22.7. The van der Waals surface area contributed by atoms with Crippen LogP contribution in [-0.2, 0) is 32.7 Å². The zero-order valence-electron chi connectivity index (χ0n) is 35.4. The summed E-state index contributed by atoms with van der Waals surface area (Å²) in [5, 5.41) is 50.1. The Morgan fingerprint density at radius 2 is 0.895 bits per heavy atom. The van der Waals surface area contributed by atoms with Crippen LogP contribution in [0.1, 0.15) is 194 Å². The second-order valence-electron chi connectivity index (χ2n) is 15.9. The molecule has 336 valence electrons. The molecule has 57 heavy (non-hydrogen) atoms. The van der Waals surface area contributed by atoms with E-state index in [1.165, 1.54) is 96.3 Å². The molecule has 0 radical (unpaired) electrons. The zero-order chi connectivity index (χ0) is 42.2. The van der Waals surface area contributed by atoms with E-state index in [0.29, 0.717) is 12.8 Å². The second kappa shape index (κ2) is 34.3. The molecule has 0 aliphatic heterocycles. The Morgan fingerprint density at radius 3 is 1.33 bits per heavy atom. The number of carbonyl (C=O) groups excluding carboxylic acids is 2. The number of aliphatic hydroxyl groups excluding tert-OH is 5. The van der Waals surface area contributed by atoms with Crippen LogP contribution in [0, 0.1) is 0 Å². The molecule has 0 amide bonds. The van der Waals surface area contributed by atoms with Crippen LogP contribution in [-0.4, -0.2) is 98.3 Å². The second-order valence-corrected chi connectivity index (χ2v) is 17.3. The van der Waals surface area contributed by atoms with Gasteiger partial charge < -0.3 is 39.9 Å². The number of hydrogen-bond acceptors (Lipinski definition) is 12. The van der Waals surface area contributed by atoms with Crippen LogP contribution in [0.25, 0.3) is 0 Å². The molecule has 0 heterocycles. The first-order valence-electron chi connectivity index (χ1n) is 22.5. The van der Waals surface area contributed by atoms with E-state index in [1.807, 2.05) is 0 Å². The predicted molar refractivity (Wildman–Crippen MR) is 221 cm³/mol. The Hall–Kier alpha value is -1.41. The lowest BCUT2D eigenvalue weighted by Crippen LogP contribution is -2.64. The molecule has 0 spiro atoms. The van der Waals surface area contributed by atoms with Crippen molar-refractivity contribution in [3.63, 3.8) is 0 Å². The quantitative estimate of drug-likeness (QED) is 0.0151. The molecule has 1 rings (SSSR count). The summed E-state index contributed by atoms with van der Waals surface area (Å²) in [4.78, 5) is 35.6. The summed E-state index contributed by atoms with van der Waals surface area (Å²) in [5.74, 6) is -1.10. The number of phosphoric ester groups is 1. The minimum Gasteiger partial charge on any atom is -0.462 e. The monoisotopic (exact) mass is 837 g/mol. The molecular formula is C43H81O13P. The molecule has 0 saturated heterocycles. The average Bonchev–Trinajstić information content (AvgIpc) is 3.19. The van der Waals surface area contributed by atoms with Gasteiger partial charge in [0.05, 0.1) is 6.61 Å². The minimum atomic E-state index is -5.11. The van der Waals surface area contributed by atoms with Gasteiger partial charge >= 0.3 is 19.8 Å². The van der Waals surface area contributed by atoms with E-state index in [9.17, 15) is 44.6 Å². The largest absolute Gasteiger partial charge is 0.472 e. The first kappa shape index (κ1) is 53.6. The van der Waals surface area contributed by atoms with Crippen molar-refractivity contribution in [2.24, 2.45) is 0 Å². The fraction of sp³-hybridized carbons (Fsp3) is 0.907. The summed E-state index contributed by atoms with van der Waals surface area (Å²) < 4.78 is 33.5. The summed E-state index contributed by atoms with van der Waals surface area (Å²) in [6.07, 6.45) is 21.2. The van der Waals surface area contributed by atoms with Crippen molar-refractivity contribution < 1.29 is 63.1 Å². The van der Waals surface area contributed by atoms with Crippen molar-refractivity contribution in [3.05, 3.63) is 12.2 Å². The molecule has 1 aliphatic rings. The lowest BCUT2D eigenvalue weighted by atomic mass is 9.85. The highest BCUT2D eigenvalue weighted by Gasteiger charge is 2.51. The van der Waals surface area contributed by atoms with E-state index in [0.717, 1.165) is 57.8 Å². The topological polar surface area (TPSA) is 210 Å². The number of hydrogen-bond donors (Lipinski definition) is 6. The first-order chi connectivity index (χ1) is 27.4. The SMILES string of the molecule is CCCCCCCC/C=C/CCCCCCCC(=O)O[C@@H](COC(=O)CCCCCCCCCCCCCCC)COP(=O)(O)OC1[C@H](O)[C@H](O)C(O)[C@H](O)[C@H]1O. The number of esters is 2. The lowest BCUT2D eigenvalue weighted by molar-refractivity contribution is -0.220. The van der Waals surface area contributed by atoms with Crippen molar-refractivity contribution in [2.45, 2.75) is 236 Å². The third-order valence-corrected chi connectivity index (χ3v) is 11.6. The zero-order valence-corrected chi connectivity index (χ0v) is 36.3. The number of phosphoric acid groups is 1. The molecule has 14 heteroatoms. The van der Waals surface area contributed by atoms with E-state index in [-0.39, 0.29) is 12.8 Å². The van der Waals surface area contributed by atoms with Gasteiger partial charge in [-0.25, -0.2) is 4.57 Å². The van der Waals surface area contributed by atoms with E-state index in [2.05, 4.69) is 26.0 Å². The highest BCUT2D eigenvalue weighted by atomic mass is 31.2. The molecule has 8 atom stereocenters. The molecule has 6 N–H and O–H groups in total. The minimum absolute atomic E-state index is 0.0907. The molecule has 1 fully saturated rings. The maximum Gasteiger partial charge on any atom is 0.472 e. The van der Waals surface area contributed by atoms with Crippen LogP contribution in [0.3, 0.4) is 0 Å². The van der Waals surface area contributed by atoms with Crippen LogP contribution in [0.5, 0.6) is 0 Å². The Balaban J connectivity index is 2.48. The van der Waals surface area contributed by atoms with Gasteiger partial charge in [0.25, 0.3) is 0 Å². The van der Waals surface area contributed by atoms with Gasteiger partial charge in [-0.3, -0.25) is 18.6 Å². The molecule has 1 saturated carbocycles. The van der Waals surface area contributed by atoms with Gasteiger partial charge in [-0.05, 0) is 38.5 Å². The molecule has 0 aromatic carbocycles. The molecule has 1 aliphatic carbocycles. The first-order valence-corrected chi connectivity index (χ1v) is 24.0. The van der Waals surface area contributed by atoms with Crippen LogP contribution in [0.4, 0.5) is 0 Å². The summed E-state index contributed by atoms with van der Waals surface area (Å²) in [5.41, 5.74) is 0. The van der Waals surface area contributed by atoms with Gasteiger partial charge in [-0.2, -0.15) is 0 Å². The fourth-order valence-corrected chi connectivity index (χ4v) is 7.90. The van der Waals surface area contributed by atoms with Crippen LogP contribution in [0.15, 0.2) is 12.2 Å². The van der Waals surface area contributed by atoms with Gasteiger partial charge in [0.15, 0.2) is 6.10 Å². The maximum atomic E-state index is 12.8. The third-order valence-electron chi connectivity index (χ3n) is 10.6. The van der Waals surface area contributed by atoms with Crippen molar-refractivity contribution in [2.75, 3.05) is 13.2 Å². The van der Waals surface area contributed by atoms with Gasteiger partial charge in [0, 0.05) is 12.8 Å². The van der Waals surface area contributed by atoms with Crippen molar-refractivity contribution in [1.82, 2.24) is 0 Å². The van der Waals surface area contributed by atoms with Gasteiger partial charge in [0.1, 0.15) is 43.2 Å². The number of aliphatic hydroxyl groups is 5. The summed E-state index contributed by atoms with van der Waals surface area (Å²) in [6, 6.07) is 0. The molecule has 3 unspecified atom stereocenters. The Morgan fingerprint density at radius 1 is 0.526 bits per heavy atom. The molecule has 0 bridgehead atoms. The highest BCUT2D eigenvalue weighted by molar-refractivity contribution is 7.47. The number of carbonyl (C=O) groups is 2. The van der Waals surface area contributed by atoms with E-state index in [4.69, 9.17) is 18.5 Å². The van der Waals surface area contributed by atoms with Crippen LogP contribution >= 0.6 is 7.82 Å². The Labute approximate surface area is 343 Å². The fourth-order valence-electron chi connectivity index (χ4n) is 6.93. The van der Waals surface area contributed by atoms with E-state index >= 15 is 0 Å². The Kier molecular flexibility index (Phi) is 32.3. The lowest BCUT2D eigenvalue weighted by Gasteiger charge is -2.41. The smallest absolute Gasteiger partial charge is 0.462 e. The summed E-state index contributed by atoms with van der Waals surface area (Å²) in [7, 11) is -5.11. The van der Waals surface area contributed by atoms with Crippen molar-refractivity contribution in [3.8, 4) is 0 Å². The molecule has 0 aromatic heterocycles. The average molecular weight is 837 g/mol. The third kappa shape index (κ3) is 27.1. The van der Waals surface area contributed by atoms with Crippen LogP contribution < -0.4 is 0 Å². The highest BCUT2D eigenvalue weighted by Crippen LogP contribution is 2.47. The van der Waals surface area contributed by atoms with Gasteiger partial charge in [-0.15, -0.1) is 0 Å². The molecule has 0 aromatic rings. The predicted octanol–water partition coefficient (Wildman–Crippen LogP) is 8.28. The van der Waals surface area contributed by atoms with Gasteiger partial charge in [0.2, 0.25) is 0 Å². The van der Waals surface area contributed by atoms with Crippen molar-refractivity contribution >= 4 is 19.8 Å². The number of unbranched alkanes of at least 4 members (excludes halogenated alkanes) is 23. The molecular weight excluding hydrogens is 755 g/mol. The maximum absolute atomic E-state index is 12.8. The van der Waals surface area contributed by atoms with E-state index < -0.39 is 75.7 Å². The standard InChI is InChI=1S/C43H81O13P/c1-3-5-7-9-11-13-15-17-18-20-22-24-26-28-30-32-37(45)55-35(34-54-57(51,52)56-43-41(49)39(47)38(46)40(48)42(43)50)33-53-36(44)31-29-27-25-23-21-19-16-14-12-10-8-6-4-2/h17-18,35,38-43,46-50H,3-16,19-34H2,1-2H3,(H,51,52)/b18-17+/t35-,38?,39-,40+,41+,42+,43?/m0/s1. The number of allylic oxidation sites excluding steroid dienone is 2. The number of rotatable bonds is 37. The molecule has 13 nitrogen and oxygen atoms in total. The summed E-state index contributed by atoms with van der Waals surface area (Å²) >= 11 is 0.